The van der Waals surface area contributed by atoms with E-state index in [-0.39, 0.29) is 24.5 Å². The quantitative estimate of drug-likeness (QED) is 0.513. The summed E-state index contributed by atoms with van der Waals surface area (Å²) in [6, 6.07) is 17.3. The highest BCUT2D eigenvalue weighted by Gasteiger charge is 2.22. The van der Waals surface area contributed by atoms with Crippen molar-refractivity contribution < 1.29 is 19.1 Å². The lowest BCUT2D eigenvalue weighted by molar-refractivity contribution is -0.122. The fraction of sp³-hybridized carbons (Fsp3) is 0.208. The van der Waals surface area contributed by atoms with Crippen LogP contribution in [0.1, 0.15) is 30.6 Å². The molecule has 1 aliphatic heterocycles. The molecule has 3 aromatic rings. The third-order valence-electron chi connectivity index (χ3n) is 4.94. The van der Waals surface area contributed by atoms with Crippen molar-refractivity contribution in [2.24, 2.45) is 0 Å². The number of aromatic nitrogens is 1. The van der Waals surface area contributed by atoms with Crippen LogP contribution >= 0.6 is 15.9 Å². The van der Waals surface area contributed by atoms with E-state index < -0.39 is 0 Å². The summed E-state index contributed by atoms with van der Waals surface area (Å²) in [6.07, 6.45) is 3.31. The molecule has 0 saturated carbocycles. The van der Waals surface area contributed by atoms with Crippen LogP contribution in [0.5, 0.6) is 17.4 Å². The molecule has 0 saturated heterocycles. The molecule has 1 aliphatic rings. The Labute approximate surface area is 194 Å². The second kappa shape index (κ2) is 9.82. The van der Waals surface area contributed by atoms with E-state index >= 15 is 0 Å². The molecule has 2 N–H and O–H groups in total. The monoisotopic (exact) mass is 495 g/mol. The molecule has 0 spiro atoms. The van der Waals surface area contributed by atoms with E-state index in [2.05, 4.69) is 43.7 Å². The van der Waals surface area contributed by atoms with Crippen LogP contribution in [-0.2, 0) is 16.0 Å². The van der Waals surface area contributed by atoms with Gasteiger partial charge in [0.25, 0.3) is 0 Å². The van der Waals surface area contributed by atoms with Gasteiger partial charge in [0, 0.05) is 17.5 Å². The Balaban J connectivity index is 1.37. The molecule has 1 unspecified atom stereocenters. The van der Waals surface area contributed by atoms with E-state index in [4.69, 9.17) is 9.47 Å². The zero-order valence-corrected chi connectivity index (χ0v) is 19.0. The van der Waals surface area contributed by atoms with Crippen molar-refractivity contribution in [3.8, 4) is 17.4 Å². The fourth-order valence-electron chi connectivity index (χ4n) is 3.42. The third kappa shape index (κ3) is 5.64. The zero-order valence-electron chi connectivity index (χ0n) is 17.4. The summed E-state index contributed by atoms with van der Waals surface area (Å²) in [5, 5.41) is 5.10. The predicted octanol–water partition coefficient (Wildman–Crippen LogP) is 4.78. The molecular formula is C24H22BrN3O4. The first-order chi connectivity index (χ1) is 15.5. The number of rotatable bonds is 6. The Morgan fingerprint density at radius 2 is 2.06 bits per heavy atom. The predicted molar refractivity (Wildman–Crippen MR) is 124 cm³/mol. The molecule has 1 atom stereocenters. The Kier molecular flexibility index (Phi) is 6.70. The number of hydrogen-bond acceptors (Lipinski definition) is 5. The SMILES string of the molecule is CC(=O)NCC(=O)Nc1ccc(Oc2ccc3c(c2)CCC(c2cccc(Br)c2)O3)nc1. The maximum atomic E-state index is 11.8. The summed E-state index contributed by atoms with van der Waals surface area (Å²) >= 11 is 3.52. The Morgan fingerprint density at radius 3 is 2.81 bits per heavy atom. The van der Waals surface area contributed by atoms with Gasteiger partial charge in [-0.05, 0) is 60.4 Å². The van der Waals surface area contributed by atoms with Gasteiger partial charge in [0.05, 0.1) is 18.4 Å². The summed E-state index contributed by atoms with van der Waals surface area (Å²) in [7, 11) is 0. The molecule has 164 valence electrons. The number of nitrogens with one attached hydrogen (secondary N) is 2. The van der Waals surface area contributed by atoms with Gasteiger partial charge in [-0.2, -0.15) is 0 Å². The number of hydrogen-bond donors (Lipinski definition) is 2. The highest BCUT2D eigenvalue weighted by Crippen LogP contribution is 2.37. The molecule has 8 heteroatoms. The van der Waals surface area contributed by atoms with Crippen LogP contribution in [0, 0.1) is 0 Å². The van der Waals surface area contributed by atoms with Crippen molar-refractivity contribution in [3.63, 3.8) is 0 Å². The van der Waals surface area contributed by atoms with Gasteiger partial charge >= 0.3 is 0 Å². The molecule has 4 rings (SSSR count). The average Bonchev–Trinajstić information content (AvgIpc) is 2.79. The van der Waals surface area contributed by atoms with Crippen LogP contribution in [0.15, 0.2) is 65.3 Å². The second-order valence-corrected chi connectivity index (χ2v) is 8.33. The number of carbonyl (C=O) groups is 2. The number of amides is 2. The first kappa shape index (κ1) is 21.8. The van der Waals surface area contributed by atoms with Crippen molar-refractivity contribution >= 4 is 33.4 Å². The van der Waals surface area contributed by atoms with Crippen molar-refractivity contribution in [1.82, 2.24) is 10.3 Å². The zero-order chi connectivity index (χ0) is 22.5. The van der Waals surface area contributed by atoms with E-state index in [1.807, 2.05) is 30.3 Å². The topological polar surface area (TPSA) is 89.6 Å². The Bertz CT molecular complexity index is 1130. The molecular weight excluding hydrogens is 474 g/mol. The number of aryl methyl sites for hydroxylation is 1. The molecule has 7 nitrogen and oxygen atoms in total. The van der Waals surface area contributed by atoms with Gasteiger partial charge in [-0.25, -0.2) is 4.98 Å². The number of pyridine rings is 1. The number of halogens is 1. The van der Waals surface area contributed by atoms with Gasteiger partial charge in [0.15, 0.2) is 0 Å². The van der Waals surface area contributed by atoms with Gasteiger partial charge in [-0.3, -0.25) is 9.59 Å². The van der Waals surface area contributed by atoms with Crippen LogP contribution in [0.25, 0.3) is 0 Å². The van der Waals surface area contributed by atoms with Gasteiger partial charge < -0.3 is 20.1 Å². The van der Waals surface area contributed by atoms with Crippen molar-refractivity contribution in [1.29, 1.82) is 0 Å². The van der Waals surface area contributed by atoms with Crippen LogP contribution < -0.4 is 20.1 Å². The number of benzene rings is 2. The van der Waals surface area contributed by atoms with E-state index in [1.165, 1.54) is 13.1 Å². The maximum Gasteiger partial charge on any atom is 0.243 e. The Morgan fingerprint density at radius 1 is 1.19 bits per heavy atom. The van der Waals surface area contributed by atoms with Crippen LogP contribution in [0.2, 0.25) is 0 Å². The third-order valence-corrected chi connectivity index (χ3v) is 5.43. The molecule has 2 heterocycles. The average molecular weight is 496 g/mol. The lowest BCUT2D eigenvalue weighted by Gasteiger charge is -2.27. The minimum absolute atomic E-state index is 0.0295. The van der Waals surface area contributed by atoms with Crippen molar-refractivity contribution in [2.75, 3.05) is 11.9 Å². The molecule has 0 aliphatic carbocycles. The molecule has 2 amide bonds. The molecule has 0 radical (unpaired) electrons. The normalized spacial score (nSPS) is 14.6. The number of carbonyl (C=O) groups excluding carboxylic acids is 2. The molecule has 2 aromatic carbocycles. The van der Waals surface area contributed by atoms with E-state index in [0.717, 1.165) is 34.2 Å². The van der Waals surface area contributed by atoms with Gasteiger partial charge in [-0.15, -0.1) is 0 Å². The van der Waals surface area contributed by atoms with E-state index in [9.17, 15) is 9.59 Å². The molecule has 32 heavy (non-hydrogen) atoms. The summed E-state index contributed by atoms with van der Waals surface area (Å²) in [5.74, 6) is 1.35. The summed E-state index contributed by atoms with van der Waals surface area (Å²) in [6.45, 7) is 1.27. The lowest BCUT2D eigenvalue weighted by atomic mass is 9.97. The first-order valence-corrected chi connectivity index (χ1v) is 11.0. The van der Waals surface area contributed by atoms with Gasteiger partial charge in [0.1, 0.15) is 17.6 Å². The van der Waals surface area contributed by atoms with Crippen LogP contribution in [0.3, 0.4) is 0 Å². The largest absolute Gasteiger partial charge is 0.485 e. The summed E-state index contributed by atoms with van der Waals surface area (Å²) < 4.78 is 13.1. The first-order valence-electron chi connectivity index (χ1n) is 10.2. The lowest BCUT2D eigenvalue weighted by Crippen LogP contribution is -2.31. The van der Waals surface area contributed by atoms with E-state index in [1.54, 1.807) is 12.1 Å². The second-order valence-electron chi connectivity index (χ2n) is 7.41. The number of ether oxygens (including phenoxy) is 2. The minimum atomic E-state index is -0.327. The standard InChI is InChI=1S/C24H22BrN3O4/c1-15(29)26-14-23(30)28-19-6-10-24(27-13-19)31-20-7-9-22-17(12-20)5-8-21(32-22)16-3-2-4-18(25)11-16/h2-4,6-7,9-13,21H,5,8,14H2,1H3,(H,26,29)(H,28,30). The van der Waals surface area contributed by atoms with Gasteiger partial charge in [-0.1, -0.05) is 28.1 Å². The molecule has 0 fully saturated rings. The van der Waals surface area contributed by atoms with Crippen molar-refractivity contribution in [2.45, 2.75) is 25.9 Å². The van der Waals surface area contributed by atoms with Crippen molar-refractivity contribution in [3.05, 3.63) is 76.4 Å². The highest BCUT2D eigenvalue weighted by atomic mass is 79.9. The smallest absolute Gasteiger partial charge is 0.243 e. The fourth-order valence-corrected chi connectivity index (χ4v) is 3.83. The summed E-state index contributed by atoms with van der Waals surface area (Å²) in [4.78, 5) is 26.9. The minimum Gasteiger partial charge on any atom is -0.485 e. The molecule has 0 bridgehead atoms. The van der Waals surface area contributed by atoms with Crippen LogP contribution in [-0.4, -0.2) is 23.3 Å². The summed E-state index contributed by atoms with van der Waals surface area (Å²) in [5.41, 5.74) is 2.76. The number of anilines is 1. The molecule has 1 aromatic heterocycles. The number of nitrogens with zero attached hydrogens (tertiary/aromatic N) is 1. The van der Waals surface area contributed by atoms with Crippen LogP contribution in [0.4, 0.5) is 5.69 Å². The maximum absolute atomic E-state index is 11.8. The highest BCUT2D eigenvalue weighted by molar-refractivity contribution is 9.10. The Hall–Kier alpha value is -3.39. The van der Waals surface area contributed by atoms with Gasteiger partial charge in [0.2, 0.25) is 17.7 Å². The van der Waals surface area contributed by atoms with E-state index in [0.29, 0.717) is 17.3 Å². The number of fused-ring (bicyclic) bond motifs is 1.